The first-order chi connectivity index (χ1) is 12.7. The average Bonchev–Trinajstić information content (AvgIpc) is 2.65. The number of hydrogen-bond acceptors (Lipinski definition) is 3. The number of nitrogens with one attached hydrogen (secondary N) is 2. The lowest BCUT2D eigenvalue weighted by Gasteiger charge is -2.21. The van der Waals surface area contributed by atoms with E-state index in [1.165, 1.54) is 5.39 Å². The second kappa shape index (κ2) is 12.9. The van der Waals surface area contributed by atoms with Crippen LogP contribution in [0, 0.1) is 5.92 Å². The van der Waals surface area contributed by atoms with Crippen LogP contribution in [0.25, 0.3) is 10.8 Å². The van der Waals surface area contributed by atoms with E-state index in [1.807, 2.05) is 31.3 Å². The number of hydrogen-bond donors (Lipinski definition) is 2. The predicted molar refractivity (Wildman–Crippen MR) is 125 cm³/mol. The van der Waals surface area contributed by atoms with Crippen LogP contribution in [0.1, 0.15) is 39.8 Å². The Kier molecular flexibility index (Phi) is 11.3. The molecule has 27 heavy (non-hydrogen) atoms. The number of aromatic nitrogens is 1. The molecular weight excluding hydrogens is 451 g/mol. The number of guanidine groups is 1. The molecule has 0 aliphatic carbocycles. The third-order valence-corrected chi connectivity index (χ3v) is 4.33. The Hall–Kier alpha value is -1.41. The molecule has 0 aliphatic heterocycles. The fourth-order valence-corrected chi connectivity index (χ4v) is 2.96. The zero-order valence-electron chi connectivity index (χ0n) is 16.9. The highest BCUT2D eigenvalue weighted by atomic mass is 127. The second-order valence-corrected chi connectivity index (χ2v) is 6.63. The maximum Gasteiger partial charge on any atom is 0.191 e. The highest BCUT2D eigenvalue weighted by molar-refractivity contribution is 14.0. The van der Waals surface area contributed by atoms with E-state index in [0.717, 1.165) is 43.2 Å². The monoisotopic (exact) mass is 484 g/mol. The topological polar surface area (TPSA) is 58.5 Å². The molecule has 5 nitrogen and oxygen atoms in total. The molecule has 0 saturated carbocycles. The van der Waals surface area contributed by atoms with Crippen molar-refractivity contribution in [3.05, 3.63) is 42.2 Å². The average molecular weight is 484 g/mol. The summed E-state index contributed by atoms with van der Waals surface area (Å²) in [7, 11) is 0. The summed E-state index contributed by atoms with van der Waals surface area (Å²) in [6.07, 6.45) is 3.08. The van der Waals surface area contributed by atoms with Crippen molar-refractivity contribution in [1.29, 1.82) is 0 Å². The molecule has 0 aliphatic rings. The van der Waals surface area contributed by atoms with Crippen molar-refractivity contribution in [3.63, 3.8) is 0 Å². The molecular formula is C21H33IN4O. The third-order valence-electron chi connectivity index (χ3n) is 4.33. The summed E-state index contributed by atoms with van der Waals surface area (Å²) in [5.74, 6) is 1.33. The molecule has 1 unspecified atom stereocenters. The van der Waals surface area contributed by atoms with Gasteiger partial charge < -0.3 is 15.4 Å². The van der Waals surface area contributed by atoms with Gasteiger partial charge in [0.05, 0.1) is 18.3 Å². The predicted octanol–water partition coefficient (Wildman–Crippen LogP) is 4.36. The first-order valence-corrected chi connectivity index (χ1v) is 9.62. The Morgan fingerprint density at radius 1 is 1.15 bits per heavy atom. The summed E-state index contributed by atoms with van der Waals surface area (Å²) >= 11 is 0. The maximum absolute atomic E-state index is 5.81. The fraction of sp³-hybridized carbons (Fsp3) is 0.524. The van der Waals surface area contributed by atoms with Gasteiger partial charge >= 0.3 is 0 Å². The van der Waals surface area contributed by atoms with Crippen LogP contribution in [-0.4, -0.2) is 36.7 Å². The van der Waals surface area contributed by atoms with E-state index in [-0.39, 0.29) is 30.1 Å². The summed E-state index contributed by atoms with van der Waals surface area (Å²) in [4.78, 5) is 9.23. The van der Waals surface area contributed by atoms with Gasteiger partial charge in [0.25, 0.3) is 0 Å². The van der Waals surface area contributed by atoms with Crippen LogP contribution in [0.5, 0.6) is 0 Å². The van der Waals surface area contributed by atoms with Gasteiger partial charge in [-0.25, -0.2) is 4.99 Å². The summed E-state index contributed by atoms with van der Waals surface area (Å²) in [5, 5.41) is 9.07. The van der Waals surface area contributed by atoms with Crippen molar-refractivity contribution < 1.29 is 4.74 Å². The zero-order valence-corrected chi connectivity index (χ0v) is 19.2. The van der Waals surface area contributed by atoms with Crippen molar-refractivity contribution >= 4 is 40.7 Å². The van der Waals surface area contributed by atoms with E-state index in [2.05, 4.69) is 48.5 Å². The summed E-state index contributed by atoms with van der Waals surface area (Å²) < 4.78 is 5.81. The molecule has 1 heterocycles. The number of nitrogens with zero attached hydrogens (tertiary/aromatic N) is 2. The van der Waals surface area contributed by atoms with Crippen molar-refractivity contribution in [1.82, 2.24) is 15.6 Å². The molecule has 2 rings (SSSR count). The molecule has 0 amide bonds. The van der Waals surface area contributed by atoms with Gasteiger partial charge in [0, 0.05) is 31.3 Å². The minimum atomic E-state index is 0. The summed E-state index contributed by atoms with van der Waals surface area (Å²) in [6.45, 7) is 11.5. The van der Waals surface area contributed by atoms with Crippen LogP contribution in [-0.2, 0) is 11.3 Å². The summed E-state index contributed by atoms with van der Waals surface area (Å²) in [5.41, 5.74) is 0.995. The minimum Gasteiger partial charge on any atom is -0.378 e. The summed E-state index contributed by atoms with van der Waals surface area (Å²) in [6, 6.07) is 10.3. The number of rotatable bonds is 9. The Labute approximate surface area is 180 Å². The van der Waals surface area contributed by atoms with Crippen LogP contribution in [0.15, 0.2) is 41.5 Å². The van der Waals surface area contributed by atoms with Gasteiger partial charge in [0.15, 0.2) is 5.96 Å². The van der Waals surface area contributed by atoms with E-state index < -0.39 is 0 Å². The molecule has 0 spiro atoms. The molecule has 0 radical (unpaired) electrons. The Bertz CT molecular complexity index is 700. The smallest absolute Gasteiger partial charge is 0.191 e. The minimum absolute atomic E-state index is 0. The Balaban J connectivity index is 0.00000364. The number of benzene rings is 1. The van der Waals surface area contributed by atoms with Gasteiger partial charge in [-0.15, -0.1) is 24.0 Å². The molecule has 1 aromatic carbocycles. The number of fused-ring (bicyclic) bond motifs is 1. The van der Waals surface area contributed by atoms with Gasteiger partial charge in [-0.05, 0) is 37.6 Å². The number of aliphatic imine (C=N–C) groups is 1. The SMILES string of the molecule is CCNC(=NCc1nccc2ccccc12)NCCC(OCC)C(C)C.I. The van der Waals surface area contributed by atoms with Gasteiger partial charge in [0.2, 0.25) is 0 Å². The second-order valence-electron chi connectivity index (χ2n) is 6.63. The van der Waals surface area contributed by atoms with E-state index in [9.17, 15) is 0 Å². The Morgan fingerprint density at radius 3 is 2.63 bits per heavy atom. The van der Waals surface area contributed by atoms with Crippen molar-refractivity contribution in [2.75, 3.05) is 19.7 Å². The number of halogens is 1. The standard InChI is InChI=1S/C21H32N4O.HI/c1-5-22-21(24-14-12-20(16(3)4)26-6-2)25-15-19-18-10-8-7-9-17(18)11-13-23-19;/h7-11,13,16,20H,5-6,12,14-15H2,1-4H3,(H2,22,24,25);1H. The van der Waals surface area contributed by atoms with Crippen LogP contribution in [0.4, 0.5) is 0 Å². The molecule has 1 aromatic heterocycles. The molecule has 0 saturated heterocycles. The molecule has 0 bridgehead atoms. The third kappa shape index (κ3) is 7.62. The number of ether oxygens (including phenoxy) is 1. The van der Waals surface area contributed by atoms with Crippen molar-refractivity contribution in [2.45, 2.75) is 46.8 Å². The van der Waals surface area contributed by atoms with Crippen LogP contribution < -0.4 is 10.6 Å². The zero-order chi connectivity index (χ0) is 18.8. The van der Waals surface area contributed by atoms with Crippen LogP contribution in [0.2, 0.25) is 0 Å². The van der Waals surface area contributed by atoms with Crippen molar-refractivity contribution in [3.8, 4) is 0 Å². The molecule has 150 valence electrons. The maximum atomic E-state index is 5.81. The molecule has 6 heteroatoms. The lowest BCUT2D eigenvalue weighted by molar-refractivity contribution is 0.0258. The molecule has 0 fully saturated rings. The first-order valence-electron chi connectivity index (χ1n) is 9.62. The largest absolute Gasteiger partial charge is 0.378 e. The molecule has 1 atom stereocenters. The fourth-order valence-electron chi connectivity index (χ4n) is 2.96. The highest BCUT2D eigenvalue weighted by Crippen LogP contribution is 2.16. The lowest BCUT2D eigenvalue weighted by atomic mass is 10.0. The lowest BCUT2D eigenvalue weighted by Crippen LogP contribution is -2.39. The van der Waals surface area contributed by atoms with Crippen molar-refractivity contribution in [2.24, 2.45) is 10.9 Å². The number of pyridine rings is 1. The van der Waals surface area contributed by atoms with Gasteiger partial charge in [0.1, 0.15) is 0 Å². The normalized spacial score (nSPS) is 12.7. The van der Waals surface area contributed by atoms with E-state index in [1.54, 1.807) is 0 Å². The van der Waals surface area contributed by atoms with Gasteiger partial charge in [-0.2, -0.15) is 0 Å². The van der Waals surface area contributed by atoms with E-state index >= 15 is 0 Å². The van der Waals surface area contributed by atoms with E-state index in [0.29, 0.717) is 12.5 Å². The first kappa shape index (κ1) is 23.6. The quantitative estimate of drug-likeness (QED) is 0.316. The van der Waals surface area contributed by atoms with Gasteiger partial charge in [-0.1, -0.05) is 38.1 Å². The molecule has 2 aromatic rings. The van der Waals surface area contributed by atoms with Crippen LogP contribution >= 0.6 is 24.0 Å². The molecule has 2 N–H and O–H groups in total. The highest BCUT2D eigenvalue weighted by Gasteiger charge is 2.13. The Morgan fingerprint density at radius 2 is 1.93 bits per heavy atom. The van der Waals surface area contributed by atoms with Crippen LogP contribution in [0.3, 0.4) is 0 Å². The van der Waals surface area contributed by atoms with Gasteiger partial charge in [-0.3, -0.25) is 4.98 Å². The van der Waals surface area contributed by atoms with E-state index in [4.69, 9.17) is 9.73 Å².